The van der Waals surface area contributed by atoms with Gasteiger partial charge in [0.25, 0.3) is 5.91 Å². The van der Waals surface area contributed by atoms with Crippen LogP contribution in [0.4, 0.5) is 5.69 Å². The zero-order valence-electron chi connectivity index (χ0n) is 16.7. The summed E-state index contributed by atoms with van der Waals surface area (Å²) >= 11 is 11.2. The van der Waals surface area contributed by atoms with Gasteiger partial charge in [0.2, 0.25) is 5.89 Å². The predicted molar refractivity (Wildman–Crippen MR) is 126 cm³/mol. The third-order valence-electron chi connectivity index (χ3n) is 4.65. The third kappa shape index (κ3) is 4.38. The molecule has 1 aromatic heterocycles. The number of phenols is 1. The van der Waals surface area contributed by atoms with E-state index in [9.17, 15) is 9.90 Å². The normalized spacial score (nSPS) is 10.8. The largest absolute Gasteiger partial charge is 0.507 e. The number of nitrogens with zero attached hydrogens (tertiary/aromatic N) is 1. The number of aryl methyl sites for hydroxylation is 2. The van der Waals surface area contributed by atoms with Gasteiger partial charge in [-0.25, -0.2) is 4.98 Å². The van der Waals surface area contributed by atoms with Crippen LogP contribution in [0.2, 0.25) is 5.02 Å². The molecule has 31 heavy (non-hydrogen) atoms. The van der Waals surface area contributed by atoms with Crippen molar-refractivity contribution in [1.29, 1.82) is 0 Å². The van der Waals surface area contributed by atoms with Crippen molar-refractivity contribution in [1.82, 2.24) is 10.3 Å². The van der Waals surface area contributed by atoms with Crippen LogP contribution >= 0.6 is 23.8 Å². The summed E-state index contributed by atoms with van der Waals surface area (Å²) in [6, 6.07) is 15.5. The molecule has 4 rings (SSSR count). The molecule has 0 atom stereocenters. The minimum Gasteiger partial charge on any atom is -0.507 e. The molecule has 8 heteroatoms. The van der Waals surface area contributed by atoms with Crippen molar-refractivity contribution in [2.75, 3.05) is 5.32 Å². The quantitative estimate of drug-likeness (QED) is 0.351. The number of carbonyl (C=O) groups excluding carboxylic acids is 1. The Hall–Kier alpha value is -3.42. The number of amides is 1. The van der Waals surface area contributed by atoms with Gasteiger partial charge in [0.1, 0.15) is 11.3 Å². The Morgan fingerprint density at radius 2 is 1.90 bits per heavy atom. The second kappa shape index (κ2) is 8.37. The van der Waals surface area contributed by atoms with E-state index in [4.69, 9.17) is 28.2 Å². The van der Waals surface area contributed by atoms with Crippen molar-refractivity contribution < 1.29 is 14.3 Å². The molecule has 156 valence electrons. The first kappa shape index (κ1) is 20.8. The molecule has 0 aliphatic carbocycles. The number of carbonyl (C=O) groups is 1. The van der Waals surface area contributed by atoms with E-state index >= 15 is 0 Å². The lowest BCUT2D eigenvalue weighted by molar-refractivity contribution is 0.0978. The van der Waals surface area contributed by atoms with Crippen LogP contribution in [0.3, 0.4) is 0 Å². The predicted octanol–water partition coefficient (Wildman–Crippen LogP) is 5.60. The molecule has 0 radical (unpaired) electrons. The van der Waals surface area contributed by atoms with Crippen LogP contribution in [0.1, 0.15) is 21.5 Å². The monoisotopic (exact) mass is 451 g/mol. The lowest BCUT2D eigenvalue weighted by Gasteiger charge is -2.11. The molecule has 0 spiro atoms. The molecular formula is C23H18ClN3O3S. The number of anilines is 1. The molecular weight excluding hydrogens is 434 g/mol. The van der Waals surface area contributed by atoms with Gasteiger partial charge in [0.15, 0.2) is 10.7 Å². The number of oxazole rings is 1. The SMILES string of the molecule is Cc1cc(C)c2oc(-c3ccc(NC(=S)NC(=O)c4ccccc4Cl)cc3O)nc2c1. The second-order valence-corrected chi connectivity index (χ2v) is 7.88. The van der Waals surface area contributed by atoms with Gasteiger partial charge in [0, 0.05) is 11.8 Å². The molecule has 0 saturated carbocycles. The maximum atomic E-state index is 12.3. The number of aromatic hydroxyl groups is 1. The Bertz CT molecular complexity index is 1330. The van der Waals surface area contributed by atoms with Crippen molar-refractivity contribution >= 4 is 51.6 Å². The van der Waals surface area contributed by atoms with Gasteiger partial charge in [-0.05, 0) is 67.5 Å². The molecule has 0 aliphatic rings. The van der Waals surface area contributed by atoms with Crippen molar-refractivity contribution in [2.24, 2.45) is 0 Å². The second-order valence-electron chi connectivity index (χ2n) is 7.07. The van der Waals surface area contributed by atoms with Crippen LogP contribution in [0, 0.1) is 13.8 Å². The highest BCUT2D eigenvalue weighted by atomic mass is 35.5. The van der Waals surface area contributed by atoms with Gasteiger partial charge in [-0.3, -0.25) is 10.1 Å². The Labute approximate surface area is 188 Å². The Kier molecular flexibility index (Phi) is 5.63. The summed E-state index contributed by atoms with van der Waals surface area (Å²) in [5.74, 6) is -0.144. The summed E-state index contributed by atoms with van der Waals surface area (Å²) in [6.07, 6.45) is 0. The van der Waals surface area contributed by atoms with Gasteiger partial charge in [-0.15, -0.1) is 0 Å². The van der Waals surface area contributed by atoms with E-state index in [0.717, 1.165) is 16.6 Å². The summed E-state index contributed by atoms with van der Waals surface area (Å²) in [7, 11) is 0. The number of fused-ring (bicyclic) bond motifs is 1. The molecule has 1 amide bonds. The summed E-state index contributed by atoms with van der Waals surface area (Å²) in [6.45, 7) is 3.95. The molecule has 4 aromatic rings. The van der Waals surface area contributed by atoms with Gasteiger partial charge < -0.3 is 14.8 Å². The van der Waals surface area contributed by atoms with Crippen molar-refractivity contribution in [3.63, 3.8) is 0 Å². The zero-order valence-corrected chi connectivity index (χ0v) is 18.3. The van der Waals surface area contributed by atoms with Crippen LogP contribution in [-0.2, 0) is 0 Å². The highest BCUT2D eigenvalue weighted by Crippen LogP contribution is 2.34. The average molecular weight is 452 g/mol. The van der Waals surface area contributed by atoms with E-state index in [1.165, 1.54) is 6.07 Å². The summed E-state index contributed by atoms with van der Waals surface area (Å²) in [4.78, 5) is 16.8. The fourth-order valence-electron chi connectivity index (χ4n) is 3.26. The molecule has 3 aromatic carbocycles. The number of nitrogens with one attached hydrogen (secondary N) is 2. The summed E-state index contributed by atoms with van der Waals surface area (Å²) in [5.41, 5.74) is 4.74. The van der Waals surface area contributed by atoms with E-state index in [2.05, 4.69) is 15.6 Å². The fraction of sp³-hybridized carbons (Fsp3) is 0.0870. The van der Waals surface area contributed by atoms with Crippen LogP contribution in [0.5, 0.6) is 5.75 Å². The van der Waals surface area contributed by atoms with Crippen LogP contribution in [-0.4, -0.2) is 21.1 Å². The molecule has 3 N–H and O–H groups in total. The topological polar surface area (TPSA) is 87.4 Å². The van der Waals surface area contributed by atoms with Gasteiger partial charge >= 0.3 is 0 Å². The Balaban J connectivity index is 1.51. The average Bonchev–Trinajstić information content (AvgIpc) is 3.12. The minimum absolute atomic E-state index is 0.0360. The van der Waals surface area contributed by atoms with Crippen LogP contribution in [0.25, 0.3) is 22.6 Å². The van der Waals surface area contributed by atoms with Crippen molar-refractivity contribution in [3.05, 3.63) is 76.3 Å². The standard InChI is InChI=1S/C23H18ClN3O3S/c1-12-9-13(2)20-18(10-12)26-22(30-20)16-8-7-14(11-19(16)28)25-23(31)27-21(29)15-5-3-4-6-17(15)24/h3-11,28H,1-2H3,(H2,25,27,29,31). The van der Waals surface area contributed by atoms with E-state index in [-0.39, 0.29) is 10.9 Å². The van der Waals surface area contributed by atoms with Gasteiger partial charge in [-0.2, -0.15) is 0 Å². The fourth-order valence-corrected chi connectivity index (χ4v) is 3.69. The zero-order chi connectivity index (χ0) is 22.1. The van der Waals surface area contributed by atoms with Gasteiger partial charge in [-0.1, -0.05) is 29.8 Å². The third-order valence-corrected chi connectivity index (χ3v) is 5.19. The number of rotatable bonds is 3. The highest BCUT2D eigenvalue weighted by molar-refractivity contribution is 7.80. The highest BCUT2D eigenvalue weighted by Gasteiger charge is 2.16. The van der Waals surface area contributed by atoms with E-state index < -0.39 is 5.91 Å². The van der Waals surface area contributed by atoms with E-state index in [1.807, 2.05) is 26.0 Å². The van der Waals surface area contributed by atoms with Crippen molar-refractivity contribution in [2.45, 2.75) is 13.8 Å². The van der Waals surface area contributed by atoms with Crippen LogP contribution in [0.15, 0.2) is 59.0 Å². The van der Waals surface area contributed by atoms with E-state index in [0.29, 0.717) is 33.3 Å². The molecule has 0 unspecified atom stereocenters. The molecule has 0 saturated heterocycles. The Morgan fingerprint density at radius 3 is 2.65 bits per heavy atom. The molecule has 6 nitrogen and oxygen atoms in total. The smallest absolute Gasteiger partial charge is 0.258 e. The summed E-state index contributed by atoms with van der Waals surface area (Å²) < 4.78 is 5.87. The van der Waals surface area contributed by atoms with E-state index in [1.54, 1.807) is 36.4 Å². The maximum Gasteiger partial charge on any atom is 0.258 e. The first-order chi connectivity index (χ1) is 14.8. The first-order valence-corrected chi connectivity index (χ1v) is 10.2. The number of halogens is 1. The molecule has 0 fully saturated rings. The number of phenolic OH excluding ortho intramolecular Hbond substituents is 1. The lowest BCUT2D eigenvalue weighted by Crippen LogP contribution is -2.34. The number of benzene rings is 3. The number of hydrogen-bond acceptors (Lipinski definition) is 5. The van der Waals surface area contributed by atoms with Gasteiger partial charge in [0.05, 0.1) is 16.1 Å². The Morgan fingerprint density at radius 1 is 1.13 bits per heavy atom. The number of thiocarbonyl (C=S) groups is 1. The molecule has 1 heterocycles. The van der Waals surface area contributed by atoms with Crippen molar-refractivity contribution in [3.8, 4) is 17.2 Å². The number of aromatic nitrogens is 1. The minimum atomic E-state index is -0.430. The molecule has 0 bridgehead atoms. The summed E-state index contributed by atoms with van der Waals surface area (Å²) in [5, 5.41) is 16.4. The first-order valence-electron chi connectivity index (χ1n) is 9.40. The lowest BCUT2D eigenvalue weighted by atomic mass is 10.1. The maximum absolute atomic E-state index is 12.3. The van der Waals surface area contributed by atoms with Crippen LogP contribution < -0.4 is 10.6 Å². The molecule has 0 aliphatic heterocycles. The number of hydrogen-bond donors (Lipinski definition) is 3.